The van der Waals surface area contributed by atoms with Gasteiger partial charge in [0.2, 0.25) is 0 Å². The zero-order valence-corrected chi connectivity index (χ0v) is 12.0. The summed E-state index contributed by atoms with van der Waals surface area (Å²) in [5.74, 6) is -0.218. The number of carbonyl (C=O) groups is 1. The molecule has 0 aliphatic carbocycles. The molecule has 0 fully saturated rings. The fourth-order valence-electron chi connectivity index (χ4n) is 1.95. The second-order valence-corrected chi connectivity index (χ2v) is 4.97. The van der Waals surface area contributed by atoms with Crippen molar-refractivity contribution in [3.63, 3.8) is 0 Å². The minimum absolute atomic E-state index is 0.191. The fraction of sp³-hybridized carbons (Fsp3) is 0.0667. The predicted molar refractivity (Wildman–Crippen MR) is 81.7 cm³/mol. The van der Waals surface area contributed by atoms with Crippen LogP contribution < -0.4 is 5.43 Å². The van der Waals surface area contributed by atoms with Crippen LogP contribution in [0.5, 0.6) is 0 Å². The van der Waals surface area contributed by atoms with Crippen molar-refractivity contribution in [2.45, 2.75) is 0 Å². The topological polar surface area (TPSA) is 59.5 Å². The van der Waals surface area contributed by atoms with Crippen LogP contribution in [0, 0.1) is 0 Å². The molecular weight excluding hydrogens is 290 g/mol. The van der Waals surface area contributed by atoms with Gasteiger partial charge in [-0.3, -0.25) is 4.79 Å². The zero-order chi connectivity index (χ0) is 14.8. The van der Waals surface area contributed by atoms with Crippen molar-refractivity contribution in [2.24, 2.45) is 12.1 Å². The largest absolute Gasteiger partial charge is 0.451 e. The predicted octanol–water partition coefficient (Wildman–Crippen LogP) is 3.19. The second kappa shape index (κ2) is 5.46. The van der Waals surface area contributed by atoms with Crippen LogP contribution in [0.3, 0.4) is 0 Å². The number of fused-ring (bicyclic) bond motifs is 1. The average Bonchev–Trinajstić information content (AvgIpc) is 3.05. The Kier molecular flexibility index (Phi) is 3.50. The molecule has 0 aliphatic heterocycles. The standard InChI is InChI=1S/C15H12ClN3O2/c1-19-6-2-3-12(19)9-17-18-15(20)14-8-10-7-11(16)4-5-13(10)21-14/h2-9H,1H3,(H,18,20)/b17-9-. The summed E-state index contributed by atoms with van der Waals surface area (Å²) in [6, 6.07) is 10.6. The summed E-state index contributed by atoms with van der Waals surface area (Å²) in [6.45, 7) is 0. The molecule has 1 amide bonds. The number of carbonyl (C=O) groups excluding carboxylic acids is 1. The Bertz CT molecular complexity index is 832. The van der Waals surface area contributed by atoms with Gasteiger partial charge in [-0.1, -0.05) is 11.6 Å². The van der Waals surface area contributed by atoms with Crippen molar-refractivity contribution in [3.05, 3.63) is 59.1 Å². The number of amides is 1. The smallest absolute Gasteiger partial charge is 0.307 e. The molecule has 0 bridgehead atoms. The van der Waals surface area contributed by atoms with E-state index in [0.717, 1.165) is 11.1 Å². The quantitative estimate of drug-likeness (QED) is 0.596. The molecule has 0 saturated carbocycles. The van der Waals surface area contributed by atoms with Gasteiger partial charge in [0.15, 0.2) is 5.76 Å². The maximum atomic E-state index is 12.0. The summed E-state index contributed by atoms with van der Waals surface area (Å²) in [5, 5.41) is 5.28. The third-order valence-electron chi connectivity index (χ3n) is 3.05. The Hall–Kier alpha value is -2.53. The first-order chi connectivity index (χ1) is 10.1. The lowest BCUT2D eigenvalue weighted by molar-refractivity contribution is 0.0929. The van der Waals surface area contributed by atoms with E-state index in [4.69, 9.17) is 16.0 Å². The van der Waals surface area contributed by atoms with Gasteiger partial charge in [-0.05, 0) is 36.4 Å². The number of hydrogen-bond donors (Lipinski definition) is 1. The lowest BCUT2D eigenvalue weighted by atomic mass is 10.2. The number of aryl methyl sites for hydroxylation is 1. The number of hydrazone groups is 1. The maximum absolute atomic E-state index is 12.0. The van der Waals surface area contributed by atoms with E-state index < -0.39 is 5.91 Å². The van der Waals surface area contributed by atoms with Gasteiger partial charge in [0.05, 0.1) is 11.9 Å². The molecule has 2 aromatic heterocycles. The third kappa shape index (κ3) is 2.83. The number of halogens is 1. The summed E-state index contributed by atoms with van der Waals surface area (Å²) in [5.41, 5.74) is 3.92. The third-order valence-corrected chi connectivity index (χ3v) is 3.28. The van der Waals surface area contributed by atoms with Crippen molar-refractivity contribution < 1.29 is 9.21 Å². The number of nitrogens with one attached hydrogen (secondary N) is 1. The van der Waals surface area contributed by atoms with E-state index in [2.05, 4.69) is 10.5 Å². The molecule has 3 aromatic rings. The van der Waals surface area contributed by atoms with Gasteiger partial charge >= 0.3 is 5.91 Å². The van der Waals surface area contributed by atoms with Gasteiger partial charge in [-0.15, -0.1) is 0 Å². The SMILES string of the molecule is Cn1cccc1/C=N\NC(=O)c1cc2cc(Cl)ccc2o1. The summed E-state index contributed by atoms with van der Waals surface area (Å²) < 4.78 is 7.33. The molecule has 21 heavy (non-hydrogen) atoms. The van der Waals surface area contributed by atoms with Gasteiger partial charge < -0.3 is 8.98 Å². The Morgan fingerprint density at radius 3 is 3.00 bits per heavy atom. The maximum Gasteiger partial charge on any atom is 0.307 e. The van der Waals surface area contributed by atoms with Gasteiger partial charge in [-0.2, -0.15) is 5.10 Å². The summed E-state index contributed by atoms with van der Waals surface area (Å²) >= 11 is 5.89. The lowest BCUT2D eigenvalue weighted by Crippen LogP contribution is -2.17. The van der Waals surface area contributed by atoms with Gasteiger partial charge in [0.1, 0.15) is 5.58 Å². The minimum atomic E-state index is -0.409. The molecule has 0 radical (unpaired) electrons. The lowest BCUT2D eigenvalue weighted by Gasteiger charge is -1.96. The van der Waals surface area contributed by atoms with Gasteiger partial charge in [0.25, 0.3) is 0 Å². The van der Waals surface area contributed by atoms with Crippen LogP contribution in [0.1, 0.15) is 16.2 Å². The first-order valence-corrected chi connectivity index (χ1v) is 6.65. The first kappa shape index (κ1) is 13.5. The summed E-state index contributed by atoms with van der Waals surface area (Å²) in [6.07, 6.45) is 3.46. The van der Waals surface area contributed by atoms with E-state index in [1.54, 1.807) is 30.5 Å². The van der Waals surface area contributed by atoms with Crippen molar-refractivity contribution in [1.82, 2.24) is 9.99 Å². The van der Waals surface area contributed by atoms with Crippen LogP contribution in [0.15, 0.2) is 52.1 Å². The molecule has 0 unspecified atom stereocenters. The fourth-order valence-corrected chi connectivity index (χ4v) is 2.13. The van der Waals surface area contributed by atoms with Crippen LogP contribution >= 0.6 is 11.6 Å². The average molecular weight is 302 g/mol. The highest BCUT2D eigenvalue weighted by Gasteiger charge is 2.11. The number of benzene rings is 1. The molecule has 0 spiro atoms. The van der Waals surface area contributed by atoms with Crippen LogP contribution in [-0.4, -0.2) is 16.7 Å². The van der Waals surface area contributed by atoms with E-state index in [9.17, 15) is 4.79 Å². The van der Waals surface area contributed by atoms with E-state index in [1.165, 1.54) is 0 Å². The van der Waals surface area contributed by atoms with E-state index in [0.29, 0.717) is 10.6 Å². The molecule has 0 saturated heterocycles. The molecule has 106 valence electrons. The van der Waals surface area contributed by atoms with E-state index in [-0.39, 0.29) is 5.76 Å². The van der Waals surface area contributed by atoms with Crippen LogP contribution in [0.25, 0.3) is 11.0 Å². The molecule has 5 nitrogen and oxygen atoms in total. The highest BCUT2D eigenvalue weighted by atomic mass is 35.5. The number of nitrogens with zero attached hydrogens (tertiary/aromatic N) is 2. The Morgan fingerprint density at radius 1 is 1.38 bits per heavy atom. The number of hydrogen-bond acceptors (Lipinski definition) is 3. The second-order valence-electron chi connectivity index (χ2n) is 4.54. The van der Waals surface area contributed by atoms with Gasteiger partial charge in [0, 0.05) is 23.7 Å². The molecule has 3 rings (SSSR count). The van der Waals surface area contributed by atoms with Crippen LogP contribution in [-0.2, 0) is 7.05 Å². The molecule has 1 N–H and O–H groups in total. The summed E-state index contributed by atoms with van der Waals surface area (Å²) in [7, 11) is 1.90. The molecule has 0 aliphatic rings. The van der Waals surface area contributed by atoms with E-state index in [1.807, 2.05) is 29.9 Å². The van der Waals surface area contributed by atoms with Crippen molar-refractivity contribution in [2.75, 3.05) is 0 Å². The zero-order valence-electron chi connectivity index (χ0n) is 11.2. The molecule has 0 atom stereocenters. The highest BCUT2D eigenvalue weighted by molar-refractivity contribution is 6.31. The van der Waals surface area contributed by atoms with Crippen LogP contribution in [0.4, 0.5) is 0 Å². The Balaban J connectivity index is 1.75. The van der Waals surface area contributed by atoms with Crippen molar-refractivity contribution in [1.29, 1.82) is 0 Å². The normalized spacial score (nSPS) is 11.3. The Morgan fingerprint density at radius 2 is 2.24 bits per heavy atom. The monoisotopic (exact) mass is 301 g/mol. The molecule has 6 heteroatoms. The molecular formula is C15H12ClN3O2. The number of rotatable bonds is 3. The van der Waals surface area contributed by atoms with E-state index >= 15 is 0 Å². The van der Waals surface area contributed by atoms with Gasteiger partial charge in [-0.25, -0.2) is 5.43 Å². The van der Waals surface area contributed by atoms with Crippen molar-refractivity contribution >= 4 is 34.7 Å². The summed E-state index contributed by atoms with van der Waals surface area (Å²) in [4.78, 5) is 12.0. The number of aromatic nitrogens is 1. The minimum Gasteiger partial charge on any atom is -0.451 e. The molecule has 1 aromatic carbocycles. The highest BCUT2D eigenvalue weighted by Crippen LogP contribution is 2.22. The Labute approximate surface area is 125 Å². The number of furan rings is 1. The van der Waals surface area contributed by atoms with Crippen molar-refractivity contribution in [3.8, 4) is 0 Å². The first-order valence-electron chi connectivity index (χ1n) is 6.27. The molecule has 2 heterocycles. The van der Waals surface area contributed by atoms with Crippen LogP contribution in [0.2, 0.25) is 5.02 Å².